The number of hydrogen-bond donors (Lipinski definition) is 1. The lowest BCUT2D eigenvalue weighted by atomic mass is 9.94. The van der Waals surface area contributed by atoms with Crippen LogP contribution in [0.3, 0.4) is 0 Å². The summed E-state index contributed by atoms with van der Waals surface area (Å²) in [7, 11) is 0. The summed E-state index contributed by atoms with van der Waals surface area (Å²) in [4.78, 5) is 33.2. The Morgan fingerprint density at radius 2 is 2.20 bits per heavy atom. The maximum atomic E-state index is 13.4. The Balaban J connectivity index is 1.33. The molecule has 9 nitrogen and oxygen atoms in total. The largest absolute Gasteiger partial charge is 0.391 e. The molecule has 1 saturated carbocycles. The summed E-state index contributed by atoms with van der Waals surface area (Å²) in [5.74, 6) is -0.0574. The summed E-state index contributed by atoms with van der Waals surface area (Å²) in [5.41, 5.74) is 1.61. The summed E-state index contributed by atoms with van der Waals surface area (Å²) in [6.45, 7) is 2.90. The second-order valence-corrected chi connectivity index (χ2v) is 10.6. The highest BCUT2D eigenvalue weighted by Crippen LogP contribution is 2.57. The molecule has 2 aromatic heterocycles. The van der Waals surface area contributed by atoms with E-state index in [2.05, 4.69) is 31.2 Å². The standard InChI is InChI=1S/C19H23BrN6O3S/c1-11(27)25-8-13(28)6-16(25)17(29)26-5-2-14(19(26)3-4-19)15-9-24(23-22-15)7-12-10-30-18(20)21-12/h9-10,13-14,16,28H,2-8H2,1H3/t13-,14?,16+/m1/s1. The van der Waals surface area contributed by atoms with Crippen molar-refractivity contribution in [2.24, 2.45) is 0 Å². The molecule has 0 radical (unpaired) electrons. The van der Waals surface area contributed by atoms with Crippen molar-refractivity contribution in [3.8, 4) is 0 Å². The first-order chi connectivity index (χ1) is 14.4. The highest BCUT2D eigenvalue weighted by molar-refractivity contribution is 9.11. The van der Waals surface area contributed by atoms with E-state index < -0.39 is 12.1 Å². The van der Waals surface area contributed by atoms with Crippen molar-refractivity contribution in [3.63, 3.8) is 0 Å². The van der Waals surface area contributed by atoms with Crippen LogP contribution in [0.15, 0.2) is 15.5 Å². The van der Waals surface area contributed by atoms with Gasteiger partial charge >= 0.3 is 0 Å². The molecule has 30 heavy (non-hydrogen) atoms. The first kappa shape index (κ1) is 20.1. The zero-order valence-corrected chi connectivity index (χ0v) is 19.0. The summed E-state index contributed by atoms with van der Waals surface area (Å²) in [6.07, 6.45) is 4.35. The Labute approximate surface area is 186 Å². The molecule has 3 atom stereocenters. The minimum absolute atomic E-state index is 0.0403. The smallest absolute Gasteiger partial charge is 0.245 e. The van der Waals surface area contributed by atoms with Crippen molar-refractivity contribution in [3.05, 3.63) is 26.9 Å². The van der Waals surface area contributed by atoms with Gasteiger partial charge in [-0.2, -0.15) is 0 Å². The molecule has 2 aliphatic heterocycles. The lowest BCUT2D eigenvalue weighted by molar-refractivity contribution is -0.144. The lowest BCUT2D eigenvalue weighted by Gasteiger charge is -2.32. The number of aromatic nitrogens is 4. The molecule has 160 valence electrons. The van der Waals surface area contributed by atoms with E-state index in [0.717, 1.165) is 34.6 Å². The Hall–Kier alpha value is -1.85. The molecule has 4 heterocycles. The average molecular weight is 495 g/mol. The van der Waals surface area contributed by atoms with Crippen LogP contribution in [0.1, 0.15) is 49.9 Å². The summed E-state index contributed by atoms with van der Waals surface area (Å²) in [6, 6.07) is -0.562. The van der Waals surface area contributed by atoms with Gasteiger partial charge < -0.3 is 14.9 Å². The minimum atomic E-state index is -0.637. The normalized spacial score (nSPS) is 27.2. The Morgan fingerprint density at radius 3 is 2.87 bits per heavy atom. The third-order valence-electron chi connectivity index (χ3n) is 6.59. The number of thiazole rings is 1. The molecule has 11 heteroatoms. The van der Waals surface area contributed by atoms with E-state index in [4.69, 9.17) is 0 Å². The van der Waals surface area contributed by atoms with Crippen LogP contribution >= 0.6 is 27.3 Å². The van der Waals surface area contributed by atoms with Gasteiger partial charge in [0.05, 0.1) is 29.6 Å². The van der Waals surface area contributed by atoms with Gasteiger partial charge in [0.2, 0.25) is 11.8 Å². The average Bonchev–Trinajstić information content (AvgIpc) is 3.06. The maximum absolute atomic E-state index is 13.4. The molecule has 3 aliphatic rings. The van der Waals surface area contributed by atoms with Crippen molar-refractivity contribution in [2.45, 2.75) is 62.8 Å². The van der Waals surface area contributed by atoms with Crippen LogP contribution in [-0.4, -0.2) is 77.5 Å². The van der Waals surface area contributed by atoms with E-state index in [0.29, 0.717) is 19.5 Å². The molecule has 1 aliphatic carbocycles. The van der Waals surface area contributed by atoms with E-state index in [9.17, 15) is 14.7 Å². The van der Waals surface area contributed by atoms with E-state index in [-0.39, 0.29) is 29.8 Å². The molecular weight excluding hydrogens is 472 g/mol. The number of likely N-dealkylation sites (tertiary alicyclic amines) is 2. The molecule has 1 spiro atoms. The van der Waals surface area contributed by atoms with Crippen LogP contribution in [-0.2, 0) is 16.1 Å². The van der Waals surface area contributed by atoms with Crippen molar-refractivity contribution in [1.29, 1.82) is 0 Å². The fourth-order valence-electron chi connectivity index (χ4n) is 5.08. The molecule has 2 amide bonds. The van der Waals surface area contributed by atoms with Crippen molar-refractivity contribution in [1.82, 2.24) is 29.8 Å². The predicted octanol–water partition coefficient (Wildman–Crippen LogP) is 1.38. The summed E-state index contributed by atoms with van der Waals surface area (Å²) < 4.78 is 2.64. The number of aliphatic hydroxyl groups is 1. The van der Waals surface area contributed by atoms with Gasteiger partial charge in [-0.25, -0.2) is 9.67 Å². The fraction of sp³-hybridized carbons (Fsp3) is 0.632. The molecule has 1 N–H and O–H groups in total. The van der Waals surface area contributed by atoms with Crippen LogP contribution in [0.2, 0.25) is 0 Å². The molecule has 2 aromatic rings. The lowest BCUT2D eigenvalue weighted by Crippen LogP contribution is -2.50. The third kappa shape index (κ3) is 3.36. The van der Waals surface area contributed by atoms with Crippen molar-refractivity contribution in [2.75, 3.05) is 13.1 Å². The number of carbonyl (C=O) groups excluding carboxylic acids is 2. The van der Waals surface area contributed by atoms with Gasteiger partial charge in [0.15, 0.2) is 3.92 Å². The van der Waals surface area contributed by atoms with Crippen LogP contribution in [0.25, 0.3) is 0 Å². The second kappa shape index (κ2) is 7.38. The number of carbonyl (C=O) groups is 2. The minimum Gasteiger partial charge on any atom is -0.391 e. The number of aliphatic hydroxyl groups excluding tert-OH is 1. The first-order valence-electron chi connectivity index (χ1n) is 10.1. The van der Waals surface area contributed by atoms with Crippen LogP contribution < -0.4 is 0 Å². The van der Waals surface area contributed by atoms with E-state index >= 15 is 0 Å². The van der Waals surface area contributed by atoms with E-state index in [1.165, 1.54) is 23.2 Å². The van der Waals surface area contributed by atoms with Crippen LogP contribution in [0.5, 0.6) is 0 Å². The van der Waals surface area contributed by atoms with Gasteiger partial charge in [0.25, 0.3) is 0 Å². The van der Waals surface area contributed by atoms with Gasteiger partial charge in [0, 0.05) is 43.9 Å². The summed E-state index contributed by atoms with van der Waals surface area (Å²) >= 11 is 4.91. The molecular formula is C19H23BrN6O3S. The molecule has 3 fully saturated rings. The van der Waals surface area contributed by atoms with Crippen molar-refractivity contribution >= 4 is 39.1 Å². The summed E-state index contributed by atoms with van der Waals surface area (Å²) in [5, 5.41) is 20.7. The zero-order chi connectivity index (χ0) is 21.0. The number of rotatable bonds is 4. The quantitative estimate of drug-likeness (QED) is 0.688. The highest BCUT2D eigenvalue weighted by Gasteiger charge is 2.61. The number of amides is 2. The molecule has 2 saturated heterocycles. The number of halogens is 1. The van der Waals surface area contributed by atoms with Gasteiger partial charge in [-0.15, -0.1) is 16.4 Å². The van der Waals surface area contributed by atoms with Gasteiger partial charge in [0.1, 0.15) is 6.04 Å². The molecule has 0 aromatic carbocycles. The molecule has 0 bridgehead atoms. The van der Waals surface area contributed by atoms with Crippen LogP contribution in [0.4, 0.5) is 0 Å². The third-order valence-corrected chi connectivity index (χ3v) is 8.00. The Bertz CT molecular complexity index is 989. The number of hydrogen-bond acceptors (Lipinski definition) is 7. The Kier molecular flexibility index (Phi) is 4.94. The highest BCUT2D eigenvalue weighted by atomic mass is 79.9. The first-order valence-corrected chi connectivity index (χ1v) is 11.8. The van der Waals surface area contributed by atoms with Gasteiger partial charge in [-0.3, -0.25) is 9.59 Å². The maximum Gasteiger partial charge on any atom is 0.245 e. The SMILES string of the molecule is CC(=O)N1C[C@H](O)C[C@H]1C(=O)N1CCC(c2cn(Cc3csc(Br)n3)nn2)C12CC2. The molecule has 1 unspecified atom stereocenters. The topological polar surface area (TPSA) is 104 Å². The zero-order valence-electron chi connectivity index (χ0n) is 16.6. The number of β-amino-alcohol motifs (C(OH)–C–C–N with tert-alkyl or cyclic N) is 1. The monoisotopic (exact) mass is 494 g/mol. The Morgan fingerprint density at radius 1 is 1.40 bits per heavy atom. The number of nitrogens with zero attached hydrogens (tertiary/aromatic N) is 6. The van der Waals surface area contributed by atoms with E-state index in [1.807, 2.05) is 16.5 Å². The van der Waals surface area contributed by atoms with Gasteiger partial charge in [-0.1, -0.05) is 5.21 Å². The molecule has 5 rings (SSSR count). The second-order valence-electron chi connectivity index (χ2n) is 8.44. The van der Waals surface area contributed by atoms with E-state index in [1.54, 1.807) is 4.68 Å². The van der Waals surface area contributed by atoms with Crippen molar-refractivity contribution < 1.29 is 14.7 Å². The van der Waals surface area contributed by atoms with Crippen LogP contribution in [0, 0.1) is 0 Å². The predicted molar refractivity (Wildman–Crippen MR) is 112 cm³/mol. The van der Waals surface area contributed by atoms with Gasteiger partial charge in [-0.05, 0) is 35.2 Å². The fourth-order valence-corrected chi connectivity index (χ4v) is 6.12.